The number of hydrogen-bond donors (Lipinski definition) is 0. The maximum Gasteiger partial charge on any atom is 1.00 e. The minimum absolute atomic E-state index is 0. The van der Waals surface area contributed by atoms with Crippen molar-refractivity contribution in [2.75, 3.05) is 13.2 Å². The largest absolute Gasteiger partial charge is 1.00 e. The number of esters is 2. The summed E-state index contributed by atoms with van der Waals surface area (Å²) < 4.78 is 43.5. The normalized spacial score (nSPS) is 11.9. The Morgan fingerprint density at radius 2 is 1.31 bits per heavy atom. The molecular weight excluding hydrogens is 443 g/mol. The molecule has 0 aromatic rings. The third-order valence-electron chi connectivity index (χ3n) is 5.04. The van der Waals surface area contributed by atoms with Crippen LogP contribution in [0.25, 0.3) is 0 Å². The summed E-state index contributed by atoms with van der Waals surface area (Å²) in [7, 11) is -5.01. The summed E-state index contributed by atoms with van der Waals surface area (Å²) >= 11 is 0. The van der Waals surface area contributed by atoms with Crippen molar-refractivity contribution in [2.45, 2.75) is 108 Å². The van der Waals surface area contributed by atoms with Crippen LogP contribution in [0.2, 0.25) is 0 Å². The van der Waals surface area contributed by atoms with Crippen molar-refractivity contribution in [3.8, 4) is 0 Å². The Labute approximate surface area is 217 Å². The van der Waals surface area contributed by atoms with Gasteiger partial charge in [0.25, 0.3) is 0 Å². The number of ether oxygens (including phenoxy) is 2. The first-order valence-electron chi connectivity index (χ1n) is 11.7. The van der Waals surface area contributed by atoms with E-state index in [1.165, 1.54) is 63.9 Å². The molecule has 0 N–H and O–H groups in total. The molecule has 0 radical (unpaired) electrons. The Balaban J connectivity index is 0. The first-order valence-corrected chi connectivity index (χ1v) is 13.2. The Kier molecular flexibility index (Phi) is 23.6. The smallest absolute Gasteiger partial charge is 0.747 e. The van der Waals surface area contributed by atoms with Gasteiger partial charge in [-0.15, -0.1) is 6.58 Å². The quantitative estimate of drug-likeness (QED) is 0.0806. The van der Waals surface area contributed by atoms with Crippen LogP contribution in [0.4, 0.5) is 0 Å². The SMILES string of the molecule is C=CCCOC(=O)C(CC(=O)OCCCCCCCCCCCCCCC)S(=O)(=O)[O-].[Na+]. The fraction of sp³-hybridized carbons (Fsp3) is 0.826. The van der Waals surface area contributed by atoms with Gasteiger partial charge in [0.05, 0.1) is 19.6 Å². The molecule has 1 atom stereocenters. The van der Waals surface area contributed by atoms with Gasteiger partial charge in [0.1, 0.15) is 10.1 Å². The number of rotatable bonds is 21. The molecule has 0 heterocycles. The molecule has 7 nitrogen and oxygen atoms in total. The predicted octanol–water partition coefficient (Wildman–Crippen LogP) is 2.05. The summed E-state index contributed by atoms with van der Waals surface area (Å²) in [5, 5.41) is -2.07. The average Bonchev–Trinajstić information content (AvgIpc) is 2.71. The van der Waals surface area contributed by atoms with Crippen molar-refractivity contribution >= 4 is 22.1 Å². The molecule has 0 aliphatic heterocycles. The fourth-order valence-electron chi connectivity index (χ4n) is 3.16. The second kappa shape index (κ2) is 22.4. The molecule has 0 amide bonds. The molecule has 1 unspecified atom stereocenters. The first-order chi connectivity index (χ1) is 14.8. The van der Waals surface area contributed by atoms with E-state index in [2.05, 4.69) is 13.5 Å². The third kappa shape index (κ3) is 20.2. The summed E-state index contributed by atoms with van der Waals surface area (Å²) in [6.07, 6.45) is 16.5. The van der Waals surface area contributed by atoms with Crippen LogP contribution in [0, 0.1) is 0 Å². The van der Waals surface area contributed by atoms with E-state index >= 15 is 0 Å². The van der Waals surface area contributed by atoms with Gasteiger partial charge in [-0.3, -0.25) is 9.59 Å². The molecular formula is C23H41NaO7S. The molecule has 0 aliphatic carbocycles. The number of carbonyl (C=O) groups excluding carboxylic acids is 2. The van der Waals surface area contributed by atoms with Crippen LogP contribution in [0.15, 0.2) is 12.7 Å². The first kappa shape index (κ1) is 33.8. The molecule has 0 aliphatic rings. The van der Waals surface area contributed by atoms with Gasteiger partial charge in [0, 0.05) is 0 Å². The Bertz CT molecular complexity index is 593. The maximum atomic E-state index is 11.8. The molecule has 9 heteroatoms. The second-order valence-electron chi connectivity index (χ2n) is 7.89. The molecule has 0 rings (SSSR count). The zero-order valence-corrected chi connectivity index (χ0v) is 23.0. The molecule has 32 heavy (non-hydrogen) atoms. The van der Waals surface area contributed by atoms with E-state index in [9.17, 15) is 22.6 Å². The van der Waals surface area contributed by atoms with Gasteiger partial charge in [-0.1, -0.05) is 90.0 Å². The second-order valence-corrected chi connectivity index (χ2v) is 9.45. The van der Waals surface area contributed by atoms with Crippen LogP contribution in [0.1, 0.15) is 103 Å². The molecule has 0 fully saturated rings. The van der Waals surface area contributed by atoms with Crippen molar-refractivity contribution in [1.29, 1.82) is 0 Å². The standard InChI is InChI=1S/C23H42O7S.Na/c1-3-5-7-8-9-10-11-12-13-14-15-16-17-19-29-22(24)20-21(31(26,27)28)23(25)30-18-6-4-2;/h4,21H,2-3,5-20H2,1H3,(H,26,27,28);/q;+1/p-1. The maximum absolute atomic E-state index is 11.8. The van der Waals surface area contributed by atoms with E-state index in [-0.39, 0.29) is 42.8 Å². The minimum Gasteiger partial charge on any atom is -0.747 e. The van der Waals surface area contributed by atoms with Crippen LogP contribution < -0.4 is 29.6 Å². The van der Waals surface area contributed by atoms with Gasteiger partial charge < -0.3 is 14.0 Å². The van der Waals surface area contributed by atoms with Crippen LogP contribution in [0.3, 0.4) is 0 Å². The molecule has 0 aromatic carbocycles. The Morgan fingerprint density at radius 3 is 1.75 bits per heavy atom. The van der Waals surface area contributed by atoms with Crippen LogP contribution >= 0.6 is 0 Å². The van der Waals surface area contributed by atoms with Gasteiger partial charge in [-0.05, 0) is 12.8 Å². The minimum atomic E-state index is -5.01. The van der Waals surface area contributed by atoms with Crippen LogP contribution in [0.5, 0.6) is 0 Å². The molecule has 0 saturated carbocycles. The molecule has 0 saturated heterocycles. The monoisotopic (exact) mass is 484 g/mol. The Morgan fingerprint density at radius 1 is 0.844 bits per heavy atom. The van der Waals surface area contributed by atoms with Crippen LogP contribution in [-0.2, 0) is 29.2 Å². The zero-order chi connectivity index (χ0) is 23.4. The predicted molar refractivity (Wildman–Crippen MR) is 121 cm³/mol. The Hall–Kier alpha value is -0.410. The van der Waals surface area contributed by atoms with Gasteiger partial charge in [-0.25, -0.2) is 8.42 Å². The van der Waals surface area contributed by atoms with Gasteiger partial charge in [0.2, 0.25) is 0 Å². The summed E-state index contributed by atoms with van der Waals surface area (Å²) in [5.41, 5.74) is 0. The van der Waals surface area contributed by atoms with E-state index in [4.69, 9.17) is 9.47 Å². The summed E-state index contributed by atoms with van der Waals surface area (Å²) in [6, 6.07) is 0. The number of unbranched alkanes of at least 4 members (excludes halogenated alkanes) is 12. The third-order valence-corrected chi connectivity index (χ3v) is 6.10. The topological polar surface area (TPSA) is 110 Å². The number of hydrogen-bond acceptors (Lipinski definition) is 7. The van der Waals surface area contributed by atoms with E-state index in [0.717, 1.165) is 19.3 Å². The van der Waals surface area contributed by atoms with Crippen molar-refractivity contribution in [1.82, 2.24) is 0 Å². The molecule has 0 spiro atoms. The van der Waals surface area contributed by atoms with Crippen molar-refractivity contribution < 1.29 is 61.6 Å². The summed E-state index contributed by atoms with van der Waals surface area (Å²) in [4.78, 5) is 23.6. The fourth-order valence-corrected chi connectivity index (χ4v) is 3.80. The van der Waals surface area contributed by atoms with E-state index < -0.39 is 33.7 Å². The zero-order valence-electron chi connectivity index (χ0n) is 20.1. The van der Waals surface area contributed by atoms with Crippen molar-refractivity contribution in [2.24, 2.45) is 0 Å². The van der Waals surface area contributed by atoms with Crippen molar-refractivity contribution in [3.05, 3.63) is 12.7 Å². The summed E-state index contributed by atoms with van der Waals surface area (Å²) in [6.45, 7) is 5.72. The van der Waals surface area contributed by atoms with Crippen molar-refractivity contribution in [3.63, 3.8) is 0 Å². The molecule has 0 aromatic heterocycles. The van der Waals surface area contributed by atoms with Crippen LogP contribution in [-0.4, -0.2) is 43.4 Å². The number of carbonyl (C=O) groups is 2. The average molecular weight is 485 g/mol. The van der Waals surface area contributed by atoms with Gasteiger partial charge in [-0.2, -0.15) is 0 Å². The molecule has 0 bridgehead atoms. The van der Waals surface area contributed by atoms with Gasteiger partial charge in [0.15, 0.2) is 5.25 Å². The van der Waals surface area contributed by atoms with E-state index in [0.29, 0.717) is 12.8 Å². The summed E-state index contributed by atoms with van der Waals surface area (Å²) in [5.74, 6) is -2.11. The van der Waals surface area contributed by atoms with E-state index in [1.54, 1.807) is 0 Å². The van der Waals surface area contributed by atoms with Gasteiger partial charge >= 0.3 is 41.5 Å². The van der Waals surface area contributed by atoms with E-state index in [1.807, 2.05) is 0 Å². The molecule has 182 valence electrons.